The summed E-state index contributed by atoms with van der Waals surface area (Å²) >= 11 is 1.64. The fourth-order valence-electron chi connectivity index (χ4n) is 1.89. The molecule has 3 rings (SSSR count). The van der Waals surface area contributed by atoms with Crippen LogP contribution in [0.15, 0.2) is 36.4 Å². The molecule has 0 aliphatic carbocycles. The van der Waals surface area contributed by atoms with Crippen molar-refractivity contribution in [3.05, 3.63) is 42.0 Å². The molecule has 2 aromatic carbocycles. The van der Waals surface area contributed by atoms with E-state index in [0.717, 1.165) is 15.1 Å². The van der Waals surface area contributed by atoms with Gasteiger partial charge in [-0.1, -0.05) is 18.2 Å². The van der Waals surface area contributed by atoms with Crippen molar-refractivity contribution in [3.63, 3.8) is 0 Å². The molecule has 0 spiro atoms. The molecule has 16 heavy (non-hydrogen) atoms. The van der Waals surface area contributed by atoms with Crippen molar-refractivity contribution in [1.29, 1.82) is 5.26 Å². The highest BCUT2D eigenvalue weighted by atomic mass is 32.1. The van der Waals surface area contributed by atoms with E-state index in [4.69, 9.17) is 11.0 Å². The largest absolute Gasteiger partial charge is 0.398 e. The standard InChI is InChI=1S/C13H8N2S/c14-7-8-4-5-9-10-2-1-3-11(15)13(10)16-12(9)6-8/h1-6H,15H2. The third-order valence-electron chi connectivity index (χ3n) is 2.66. The first kappa shape index (κ1) is 9.20. The van der Waals surface area contributed by atoms with Gasteiger partial charge in [0.2, 0.25) is 0 Å². The highest BCUT2D eigenvalue weighted by Crippen LogP contribution is 2.37. The SMILES string of the molecule is N#Cc1ccc2c(c1)sc1c(N)cccc12. The number of fused-ring (bicyclic) bond motifs is 3. The first-order chi connectivity index (χ1) is 7.79. The van der Waals surface area contributed by atoms with E-state index >= 15 is 0 Å². The van der Waals surface area contributed by atoms with Gasteiger partial charge in [-0.25, -0.2) is 0 Å². The maximum absolute atomic E-state index is 8.86. The summed E-state index contributed by atoms with van der Waals surface area (Å²) in [5.74, 6) is 0. The first-order valence-corrected chi connectivity index (χ1v) is 5.72. The Balaban J connectivity index is 2.51. The second kappa shape index (κ2) is 3.22. The zero-order chi connectivity index (χ0) is 11.1. The number of anilines is 1. The lowest BCUT2D eigenvalue weighted by Gasteiger charge is -1.94. The zero-order valence-electron chi connectivity index (χ0n) is 8.40. The van der Waals surface area contributed by atoms with Crippen LogP contribution >= 0.6 is 11.3 Å². The molecule has 2 nitrogen and oxygen atoms in total. The van der Waals surface area contributed by atoms with Crippen LogP contribution in [-0.4, -0.2) is 0 Å². The number of thiophene rings is 1. The van der Waals surface area contributed by atoms with Gasteiger partial charge in [0.05, 0.1) is 16.3 Å². The Hall–Kier alpha value is -2.05. The fourth-order valence-corrected chi connectivity index (χ4v) is 3.06. The Labute approximate surface area is 96.5 Å². The lowest BCUT2D eigenvalue weighted by molar-refractivity contribution is 1.50. The van der Waals surface area contributed by atoms with Crippen LogP contribution in [0.1, 0.15) is 5.56 Å². The summed E-state index contributed by atoms with van der Waals surface area (Å²) in [5, 5.41) is 11.2. The average molecular weight is 224 g/mol. The molecule has 0 saturated heterocycles. The number of nitrogen functional groups attached to an aromatic ring is 1. The lowest BCUT2D eigenvalue weighted by Crippen LogP contribution is -1.82. The number of benzene rings is 2. The molecule has 0 bridgehead atoms. The summed E-state index contributed by atoms with van der Waals surface area (Å²) < 4.78 is 2.22. The Morgan fingerprint density at radius 1 is 1.12 bits per heavy atom. The van der Waals surface area contributed by atoms with Crippen LogP contribution in [0.2, 0.25) is 0 Å². The minimum Gasteiger partial charge on any atom is -0.398 e. The molecule has 0 atom stereocenters. The summed E-state index contributed by atoms with van der Waals surface area (Å²) in [7, 11) is 0. The zero-order valence-corrected chi connectivity index (χ0v) is 9.21. The predicted molar refractivity (Wildman–Crippen MR) is 68.5 cm³/mol. The molecule has 3 aromatic rings. The maximum atomic E-state index is 8.86. The number of nitrogens with two attached hydrogens (primary N) is 1. The van der Waals surface area contributed by atoms with Gasteiger partial charge >= 0.3 is 0 Å². The van der Waals surface area contributed by atoms with Crippen molar-refractivity contribution >= 4 is 37.2 Å². The Kier molecular flexibility index (Phi) is 1.85. The Bertz CT molecular complexity index is 735. The number of nitriles is 1. The molecule has 3 heteroatoms. The second-order valence-electron chi connectivity index (χ2n) is 3.65. The minimum absolute atomic E-state index is 0.692. The number of hydrogen-bond acceptors (Lipinski definition) is 3. The Morgan fingerprint density at radius 3 is 2.81 bits per heavy atom. The van der Waals surface area contributed by atoms with E-state index in [1.54, 1.807) is 11.3 Å². The Morgan fingerprint density at radius 2 is 2.00 bits per heavy atom. The summed E-state index contributed by atoms with van der Waals surface area (Å²) in [5.41, 5.74) is 7.43. The minimum atomic E-state index is 0.692. The van der Waals surface area contributed by atoms with Gasteiger partial charge in [0, 0.05) is 21.2 Å². The second-order valence-corrected chi connectivity index (χ2v) is 4.70. The van der Waals surface area contributed by atoms with Crippen LogP contribution in [0.25, 0.3) is 20.2 Å². The van der Waals surface area contributed by atoms with Gasteiger partial charge in [-0.3, -0.25) is 0 Å². The molecule has 1 aromatic heterocycles. The van der Waals surface area contributed by atoms with Gasteiger partial charge in [-0.05, 0) is 18.2 Å². The number of rotatable bonds is 0. The molecule has 0 unspecified atom stereocenters. The van der Waals surface area contributed by atoms with E-state index in [-0.39, 0.29) is 0 Å². The van der Waals surface area contributed by atoms with Crippen LogP contribution in [-0.2, 0) is 0 Å². The molecular weight excluding hydrogens is 216 g/mol. The van der Waals surface area contributed by atoms with Crippen molar-refractivity contribution in [2.24, 2.45) is 0 Å². The van der Waals surface area contributed by atoms with Crippen molar-refractivity contribution < 1.29 is 0 Å². The maximum Gasteiger partial charge on any atom is 0.0992 e. The smallest absolute Gasteiger partial charge is 0.0992 e. The van der Waals surface area contributed by atoms with E-state index in [9.17, 15) is 0 Å². The molecular formula is C13H8N2S. The number of hydrogen-bond donors (Lipinski definition) is 1. The fraction of sp³-hybridized carbons (Fsp3) is 0. The molecule has 0 aliphatic rings. The van der Waals surface area contributed by atoms with E-state index in [1.807, 2.05) is 30.3 Å². The van der Waals surface area contributed by atoms with Gasteiger partial charge in [0.15, 0.2) is 0 Å². The van der Waals surface area contributed by atoms with Gasteiger partial charge in [-0.2, -0.15) is 5.26 Å². The van der Waals surface area contributed by atoms with Crippen LogP contribution in [0.5, 0.6) is 0 Å². The van der Waals surface area contributed by atoms with Crippen molar-refractivity contribution in [3.8, 4) is 6.07 Å². The normalized spacial score (nSPS) is 10.7. The van der Waals surface area contributed by atoms with E-state index in [1.165, 1.54) is 10.8 Å². The quantitative estimate of drug-likeness (QED) is 0.594. The van der Waals surface area contributed by atoms with Gasteiger partial charge in [0.1, 0.15) is 0 Å². The highest BCUT2D eigenvalue weighted by molar-refractivity contribution is 7.26. The highest BCUT2D eigenvalue weighted by Gasteiger charge is 2.07. The molecule has 0 aliphatic heterocycles. The van der Waals surface area contributed by atoms with Gasteiger partial charge in [-0.15, -0.1) is 11.3 Å². The third kappa shape index (κ3) is 1.17. The summed E-state index contributed by atoms with van der Waals surface area (Å²) in [4.78, 5) is 0. The topological polar surface area (TPSA) is 49.8 Å². The summed E-state index contributed by atoms with van der Waals surface area (Å²) in [6, 6.07) is 13.8. The molecule has 0 amide bonds. The molecule has 2 N–H and O–H groups in total. The lowest BCUT2D eigenvalue weighted by atomic mass is 10.1. The van der Waals surface area contributed by atoms with Crippen molar-refractivity contribution in [2.75, 3.05) is 5.73 Å². The van der Waals surface area contributed by atoms with E-state index < -0.39 is 0 Å². The third-order valence-corrected chi connectivity index (χ3v) is 3.88. The van der Waals surface area contributed by atoms with Gasteiger partial charge in [0.25, 0.3) is 0 Å². The van der Waals surface area contributed by atoms with Crippen molar-refractivity contribution in [1.82, 2.24) is 0 Å². The van der Waals surface area contributed by atoms with Crippen LogP contribution in [0.4, 0.5) is 5.69 Å². The van der Waals surface area contributed by atoms with Crippen molar-refractivity contribution in [2.45, 2.75) is 0 Å². The first-order valence-electron chi connectivity index (χ1n) is 4.90. The molecule has 0 saturated carbocycles. The summed E-state index contributed by atoms with van der Waals surface area (Å²) in [6.07, 6.45) is 0. The molecule has 1 heterocycles. The monoisotopic (exact) mass is 224 g/mol. The van der Waals surface area contributed by atoms with Gasteiger partial charge < -0.3 is 5.73 Å². The predicted octanol–water partition coefficient (Wildman–Crippen LogP) is 3.51. The van der Waals surface area contributed by atoms with Crippen LogP contribution in [0.3, 0.4) is 0 Å². The van der Waals surface area contributed by atoms with E-state index in [2.05, 4.69) is 12.1 Å². The van der Waals surface area contributed by atoms with E-state index in [0.29, 0.717) is 5.56 Å². The molecule has 0 radical (unpaired) electrons. The molecule has 0 fully saturated rings. The van der Waals surface area contributed by atoms with Crippen LogP contribution in [0, 0.1) is 11.3 Å². The average Bonchev–Trinajstić information content (AvgIpc) is 2.68. The molecule has 76 valence electrons. The summed E-state index contributed by atoms with van der Waals surface area (Å²) in [6.45, 7) is 0. The van der Waals surface area contributed by atoms with Crippen LogP contribution < -0.4 is 5.73 Å². The number of nitrogens with zero attached hydrogens (tertiary/aromatic N) is 1.